The molecule has 4 atom stereocenters. The number of nitrogens with two attached hydrogens (primary N) is 1. The number of nitrogens with zero attached hydrogens (tertiary/aromatic N) is 2. The lowest BCUT2D eigenvalue weighted by atomic mass is 10.1. The van der Waals surface area contributed by atoms with E-state index in [1.807, 2.05) is 60.7 Å². The van der Waals surface area contributed by atoms with Gasteiger partial charge in [0.2, 0.25) is 0 Å². The van der Waals surface area contributed by atoms with E-state index in [4.69, 9.17) is 19.9 Å². The zero-order chi connectivity index (χ0) is 22.5. The highest BCUT2D eigenvalue weighted by Crippen LogP contribution is 2.34. The second kappa shape index (κ2) is 9.99. The van der Waals surface area contributed by atoms with Gasteiger partial charge in [-0.3, -0.25) is 4.57 Å². The first kappa shape index (κ1) is 22.1. The van der Waals surface area contributed by atoms with E-state index in [-0.39, 0.29) is 13.2 Å². The minimum absolute atomic E-state index is 0.0188. The van der Waals surface area contributed by atoms with Crippen molar-refractivity contribution in [1.29, 1.82) is 0 Å². The van der Waals surface area contributed by atoms with Crippen LogP contribution in [0.2, 0.25) is 0 Å². The van der Waals surface area contributed by atoms with Crippen LogP contribution < -0.4 is 11.4 Å². The second-order valence-corrected chi connectivity index (χ2v) is 7.44. The van der Waals surface area contributed by atoms with Crippen molar-refractivity contribution >= 4 is 5.82 Å². The fraction of sp³-hybridized carbons (Fsp3) is 0.304. The molecule has 32 heavy (non-hydrogen) atoms. The highest BCUT2D eigenvalue weighted by molar-refractivity contribution is 5.26. The number of aromatic nitrogens is 2. The fourth-order valence-corrected chi connectivity index (χ4v) is 3.53. The van der Waals surface area contributed by atoms with Crippen molar-refractivity contribution in [2.24, 2.45) is 0 Å². The molecule has 2 aromatic carbocycles. The number of hydrogen-bond donors (Lipinski definition) is 1. The van der Waals surface area contributed by atoms with Crippen LogP contribution in [0.1, 0.15) is 17.4 Å². The molecule has 0 aliphatic carbocycles. The van der Waals surface area contributed by atoms with Crippen molar-refractivity contribution < 1.29 is 23.0 Å². The Labute approximate surface area is 183 Å². The Morgan fingerprint density at radius 2 is 1.66 bits per heavy atom. The summed E-state index contributed by atoms with van der Waals surface area (Å²) in [6.07, 6.45) is -4.25. The molecule has 2 N–H and O–H groups in total. The average molecular weight is 443 g/mol. The van der Waals surface area contributed by atoms with Crippen molar-refractivity contribution in [3.05, 3.63) is 94.3 Å². The van der Waals surface area contributed by atoms with Crippen LogP contribution in [0.15, 0.2) is 71.7 Å². The lowest BCUT2D eigenvalue weighted by Gasteiger charge is -2.20. The predicted molar refractivity (Wildman–Crippen MR) is 113 cm³/mol. The SMILES string of the molecule is Nc1nc(=O)n([C@@H]2O[C@H](COCc3ccccc3)[C@H](OCc3ccccc3)[C@@H]2F)cc1F. The van der Waals surface area contributed by atoms with Gasteiger partial charge in [0.25, 0.3) is 0 Å². The summed E-state index contributed by atoms with van der Waals surface area (Å²) in [5.74, 6) is -1.50. The van der Waals surface area contributed by atoms with Gasteiger partial charge in [-0.1, -0.05) is 60.7 Å². The molecule has 7 nitrogen and oxygen atoms in total. The normalized spacial score (nSPS) is 22.8. The largest absolute Gasteiger partial charge is 0.381 e. The molecule has 1 aromatic heterocycles. The molecule has 9 heteroatoms. The van der Waals surface area contributed by atoms with Crippen molar-refractivity contribution in [1.82, 2.24) is 9.55 Å². The minimum atomic E-state index is -1.76. The number of hydrogen-bond acceptors (Lipinski definition) is 6. The lowest BCUT2D eigenvalue weighted by molar-refractivity contribution is -0.0833. The Hall–Kier alpha value is -3.14. The van der Waals surface area contributed by atoms with Crippen LogP contribution in [0.4, 0.5) is 14.6 Å². The minimum Gasteiger partial charge on any atom is -0.381 e. The van der Waals surface area contributed by atoms with Crippen molar-refractivity contribution in [3.63, 3.8) is 0 Å². The van der Waals surface area contributed by atoms with Gasteiger partial charge in [0, 0.05) is 0 Å². The van der Waals surface area contributed by atoms with E-state index in [1.165, 1.54) is 0 Å². The zero-order valence-electron chi connectivity index (χ0n) is 17.1. The van der Waals surface area contributed by atoms with Gasteiger partial charge in [0.05, 0.1) is 26.0 Å². The van der Waals surface area contributed by atoms with Gasteiger partial charge in [0.1, 0.15) is 12.2 Å². The van der Waals surface area contributed by atoms with Crippen LogP contribution >= 0.6 is 0 Å². The third kappa shape index (κ3) is 5.01. The summed E-state index contributed by atoms with van der Waals surface area (Å²) in [6.45, 7) is 0.455. The van der Waals surface area contributed by atoms with Crippen molar-refractivity contribution in [2.75, 3.05) is 12.3 Å². The van der Waals surface area contributed by atoms with Gasteiger partial charge in [-0.25, -0.2) is 13.6 Å². The summed E-state index contributed by atoms with van der Waals surface area (Å²) in [4.78, 5) is 15.6. The molecule has 0 spiro atoms. The van der Waals surface area contributed by atoms with E-state index in [0.29, 0.717) is 6.61 Å². The Bertz CT molecular complexity index is 1080. The molecule has 1 aliphatic heterocycles. The van der Waals surface area contributed by atoms with E-state index in [0.717, 1.165) is 21.9 Å². The molecule has 0 unspecified atom stereocenters. The summed E-state index contributed by atoms with van der Waals surface area (Å²) in [6, 6.07) is 18.8. The summed E-state index contributed by atoms with van der Waals surface area (Å²) in [7, 11) is 0. The molecular formula is C23H23F2N3O4. The van der Waals surface area contributed by atoms with Gasteiger partial charge in [-0.2, -0.15) is 4.98 Å². The predicted octanol–water partition coefficient (Wildman–Crippen LogP) is 3.00. The number of rotatable bonds is 8. The molecule has 0 bridgehead atoms. The van der Waals surface area contributed by atoms with Gasteiger partial charge in [0.15, 0.2) is 24.0 Å². The fourth-order valence-electron chi connectivity index (χ4n) is 3.53. The van der Waals surface area contributed by atoms with Crippen LogP contribution in [0.3, 0.4) is 0 Å². The highest BCUT2D eigenvalue weighted by atomic mass is 19.1. The van der Waals surface area contributed by atoms with Crippen LogP contribution in [-0.2, 0) is 27.4 Å². The smallest absolute Gasteiger partial charge is 0.351 e. The van der Waals surface area contributed by atoms with Gasteiger partial charge in [-0.15, -0.1) is 0 Å². The molecule has 0 saturated carbocycles. The molecule has 2 heterocycles. The van der Waals surface area contributed by atoms with Gasteiger partial charge >= 0.3 is 5.69 Å². The van der Waals surface area contributed by atoms with Crippen molar-refractivity contribution in [2.45, 2.75) is 37.8 Å². The first-order valence-electron chi connectivity index (χ1n) is 10.1. The quantitative estimate of drug-likeness (QED) is 0.576. The molecule has 1 fully saturated rings. The number of ether oxygens (including phenoxy) is 3. The molecule has 1 saturated heterocycles. The maximum absolute atomic E-state index is 15.4. The summed E-state index contributed by atoms with van der Waals surface area (Å²) < 4.78 is 47.4. The number of nitrogen functional groups attached to an aromatic ring is 1. The number of benzene rings is 2. The maximum Gasteiger partial charge on any atom is 0.351 e. The van der Waals surface area contributed by atoms with Crippen LogP contribution in [-0.4, -0.2) is 34.5 Å². The Balaban J connectivity index is 1.51. The maximum atomic E-state index is 15.4. The Morgan fingerprint density at radius 3 is 2.31 bits per heavy atom. The first-order valence-corrected chi connectivity index (χ1v) is 10.1. The highest BCUT2D eigenvalue weighted by Gasteiger charge is 2.47. The Kier molecular flexibility index (Phi) is 6.89. The zero-order valence-corrected chi connectivity index (χ0v) is 17.1. The number of halogens is 2. The summed E-state index contributed by atoms with van der Waals surface area (Å²) >= 11 is 0. The van der Waals surface area contributed by atoms with Crippen LogP contribution in [0, 0.1) is 5.82 Å². The van der Waals surface area contributed by atoms with Crippen LogP contribution in [0.25, 0.3) is 0 Å². The summed E-state index contributed by atoms with van der Waals surface area (Å²) in [5.41, 5.74) is 6.22. The van der Waals surface area contributed by atoms with E-state index < -0.39 is 41.9 Å². The molecule has 4 rings (SSSR count). The van der Waals surface area contributed by atoms with E-state index in [9.17, 15) is 9.18 Å². The third-order valence-electron chi connectivity index (χ3n) is 5.15. The lowest BCUT2D eigenvalue weighted by Crippen LogP contribution is -2.36. The molecule has 3 aromatic rings. The molecular weight excluding hydrogens is 420 g/mol. The standard InChI is InChI=1S/C23H23F2N3O4/c24-17-11-28(23(29)27-21(17)26)22-19(25)20(31-13-16-9-5-2-6-10-16)18(32-22)14-30-12-15-7-3-1-4-8-15/h1-11,18-20,22H,12-14H2,(H2,26,27,29)/t18-,19+,20+,22-/m1/s1. The Morgan fingerprint density at radius 1 is 1.03 bits per heavy atom. The number of anilines is 1. The molecule has 0 radical (unpaired) electrons. The topological polar surface area (TPSA) is 88.6 Å². The van der Waals surface area contributed by atoms with E-state index in [2.05, 4.69) is 4.98 Å². The number of alkyl halides is 1. The monoisotopic (exact) mass is 443 g/mol. The molecule has 168 valence electrons. The third-order valence-corrected chi connectivity index (χ3v) is 5.15. The average Bonchev–Trinajstić information content (AvgIpc) is 3.11. The first-order chi connectivity index (χ1) is 15.5. The van der Waals surface area contributed by atoms with Gasteiger partial charge < -0.3 is 19.9 Å². The van der Waals surface area contributed by atoms with Crippen molar-refractivity contribution in [3.8, 4) is 0 Å². The molecule has 0 amide bonds. The van der Waals surface area contributed by atoms with E-state index >= 15 is 4.39 Å². The summed E-state index contributed by atoms with van der Waals surface area (Å²) in [5, 5.41) is 0. The molecule has 1 aliphatic rings. The van der Waals surface area contributed by atoms with E-state index in [1.54, 1.807) is 0 Å². The van der Waals surface area contributed by atoms with Crippen LogP contribution in [0.5, 0.6) is 0 Å². The van der Waals surface area contributed by atoms with Gasteiger partial charge in [-0.05, 0) is 11.1 Å². The second-order valence-electron chi connectivity index (χ2n) is 7.44.